The summed E-state index contributed by atoms with van der Waals surface area (Å²) in [5.41, 5.74) is 2.92. The van der Waals surface area contributed by atoms with Crippen LogP contribution >= 0.6 is 15.9 Å². The molecule has 2 heterocycles. The zero-order valence-electron chi connectivity index (χ0n) is 13.5. The first kappa shape index (κ1) is 15.4. The third-order valence-electron chi connectivity index (χ3n) is 4.79. The average Bonchev–Trinajstić information content (AvgIpc) is 2.86. The first-order valence-corrected chi connectivity index (χ1v) is 8.74. The lowest BCUT2D eigenvalue weighted by Crippen LogP contribution is -2.34. The summed E-state index contributed by atoms with van der Waals surface area (Å²) >= 11 is 3.44. The van der Waals surface area contributed by atoms with E-state index < -0.39 is 0 Å². The molecule has 3 N–H and O–H groups in total. The summed E-state index contributed by atoms with van der Waals surface area (Å²) in [4.78, 5) is 25.3. The summed E-state index contributed by atoms with van der Waals surface area (Å²) in [5, 5.41) is 8.83. The van der Waals surface area contributed by atoms with Crippen molar-refractivity contribution in [2.45, 2.75) is 32.6 Å². The number of allylic oxidation sites excluding steroid dienone is 2. The van der Waals surface area contributed by atoms with E-state index in [0.717, 1.165) is 27.7 Å². The zero-order valence-corrected chi connectivity index (χ0v) is 15.1. The molecule has 0 saturated carbocycles. The summed E-state index contributed by atoms with van der Waals surface area (Å²) < 4.78 is 0.966. The number of carbonyl (C=O) groups is 1. The minimum Gasteiger partial charge on any atom is -0.343 e. The van der Waals surface area contributed by atoms with Crippen LogP contribution in [-0.4, -0.2) is 16.0 Å². The molecule has 124 valence electrons. The molecule has 2 aromatic rings. The Morgan fingerprint density at radius 1 is 1.08 bits per heavy atom. The molecule has 0 bridgehead atoms. The molecule has 2 aliphatic rings. The van der Waals surface area contributed by atoms with Crippen LogP contribution in [0.1, 0.15) is 43.7 Å². The van der Waals surface area contributed by atoms with E-state index in [4.69, 9.17) is 0 Å². The van der Waals surface area contributed by atoms with Crippen molar-refractivity contribution in [1.82, 2.24) is 10.2 Å². The van der Waals surface area contributed by atoms with Gasteiger partial charge in [0.25, 0.3) is 5.56 Å². The number of hydrogen-bond donors (Lipinski definition) is 3. The SMILES string of the molecule is CC1(C)CC(=O)C2=C(C1)Nc1[nH][nH]c(=O)c1[C@@H]2c1ccc(Br)cc1. The second kappa shape index (κ2) is 5.21. The van der Waals surface area contributed by atoms with E-state index in [1.54, 1.807) is 0 Å². The molecule has 1 aliphatic heterocycles. The lowest BCUT2D eigenvalue weighted by molar-refractivity contribution is -0.118. The van der Waals surface area contributed by atoms with Crippen molar-refractivity contribution in [3.8, 4) is 0 Å². The number of carbonyl (C=O) groups excluding carboxylic acids is 1. The second-order valence-electron chi connectivity index (χ2n) is 7.31. The molecule has 0 amide bonds. The van der Waals surface area contributed by atoms with Crippen molar-refractivity contribution in [2.24, 2.45) is 5.41 Å². The van der Waals surface area contributed by atoms with E-state index in [0.29, 0.717) is 17.8 Å². The fraction of sp³-hybridized carbons (Fsp3) is 0.333. The predicted molar refractivity (Wildman–Crippen MR) is 96.1 cm³/mol. The minimum atomic E-state index is -0.331. The maximum Gasteiger partial charge on any atom is 0.270 e. The second-order valence-corrected chi connectivity index (χ2v) is 8.23. The van der Waals surface area contributed by atoms with Crippen LogP contribution in [-0.2, 0) is 4.79 Å². The number of fused-ring (bicyclic) bond motifs is 1. The molecule has 4 rings (SSSR count). The molecule has 24 heavy (non-hydrogen) atoms. The van der Waals surface area contributed by atoms with Crippen LogP contribution in [0.2, 0.25) is 0 Å². The summed E-state index contributed by atoms with van der Waals surface area (Å²) in [7, 11) is 0. The highest BCUT2D eigenvalue weighted by atomic mass is 79.9. The third kappa shape index (κ3) is 2.36. The Morgan fingerprint density at radius 2 is 1.79 bits per heavy atom. The monoisotopic (exact) mass is 387 g/mol. The first-order chi connectivity index (χ1) is 11.4. The largest absolute Gasteiger partial charge is 0.343 e. The van der Waals surface area contributed by atoms with Crippen molar-refractivity contribution in [3.05, 3.63) is 61.5 Å². The van der Waals surface area contributed by atoms with E-state index >= 15 is 0 Å². The van der Waals surface area contributed by atoms with Gasteiger partial charge in [0.1, 0.15) is 5.82 Å². The van der Waals surface area contributed by atoms with Crippen LogP contribution in [0.3, 0.4) is 0 Å². The summed E-state index contributed by atoms with van der Waals surface area (Å²) in [6, 6.07) is 7.81. The maximum absolute atomic E-state index is 12.9. The number of H-pyrrole nitrogens is 2. The van der Waals surface area contributed by atoms with Gasteiger partial charge in [0.05, 0.1) is 5.56 Å². The van der Waals surface area contributed by atoms with Gasteiger partial charge in [-0.1, -0.05) is 41.9 Å². The van der Waals surface area contributed by atoms with Gasteiger partial charge in [-0.2, -0.15) is 0 Å². The molecule has 0 radical (unpaired) electrons. The van der Waals surface area contributed by atoms with Crippen LogP contribution in [0, 0.1) is 5.41 Å². The van der Waals surface area contributed by atoms with Gasteiger partial charge in [-0.3, -0.25) is 19.8 Å². The van der Waals surface area contributed by atoms with Crippen molar-refractivity contribution < 1.29 is 4.79 Å². The van der Waals surface area contributed by atoms with Crippen molar-refractivity contribution in [2.75, 3.05) is 5.32 Å². The summed E-state index contributed by atoms with van der Waals surface area (Å²) in [6.07, 6.45) is 1.28. The minimum absolute atomic E-state index is 0.0821. The van der Waals surface area contributed by atoms with Gasteiger partial charge in [-0.15, -0.1) is 0 Å². The van der Waals surface area contributed by atoms with Crippen molar-refractivity contribution in [3.63, 3.8) is 0 Å². The normalized spacial score (nSPS) is 22.0. The van der Waals surface area contributed by atoms with Crippen molar-refractivity contribution in [1.29, 1.82) is 0 Å². The van der Waals surface area contributed by atoms with Gasteiger partial charge in [0.2, 0.25) is 0 Å². The fourth-order valence-corrected chi connectivity index (χ4v) is 4.07. The van der Waals surface area contributed by atoms with Crippen LogP contribution < -0.4 is 10.9 Å². The van der Waals surface area contributed by atoms with Gasteiger partial charge in [0.15, 0.2) is 5.78 Å². The number of aromatic nitrogens is 2. The number of anilines is 1. The Bertz CT molecular complexity index is 918. The van der Waals surface area contributed by atoms with E-state index in [2.05, 4.69) is 45.3 Å². The van der Waals surface area contributed by atoms with Gasteiger partial charge in [-0.25, -0.2) is 0 Å². The van der Waals surface area contributed by atoms with Gasteiger partial charge < -0.3 is 5.32 Å². The molecule has 5 nitrogen and oxygen atoms in total. The number of halogens is 1. The molecule has 1 aliphatic carbocycles. The molecule has 1 aromatic carbocycles. The maximum atomic E-state index is 12.9. The number of nitrogens with one attached hydrogen (secondary N) is 3. The first-order valence-electron chi connectivity index (χ1n) is 7.95. The highest BCUT2D eigenvalue weighted by Gasteiger charge is 2.42. The Kier molecular flexibility index (Phi) is 3.35. The summed E-state index contributed by atoms with van der Waals surface area (Å²) in [6.45, 7) is 4.20. The van der Waals surface area contributed by atoms with Crippen LogP contribution in [0.15, 0.2) is 44.8 Å². The third-order valence-corrected chi connectivity index (χ3v) is 5.32. The Hall–Kier alpha value is -2.08. The molecule has 0 fully saturated rings. The predicted octanol–water partition coefficient (Wildman–Crippen LogP) is 3.67. The smallest absolute Gasteiger partial charge is 0.270 e. The lowest BCUT2D eigenvalue weighted by atomic mass is 9.69. The van der Waals surface area contributed by atoms with E-state index in [-0.39, 0.29) is 22.7 Å². The van der Waals surface area contributed by atoms with E-state index in [1.807, 2.05) is 24.3 Å². The number of aromatic amines is 2. The summed E-state index contributed by atoms with van der Waals surface area (Å²) in [5.74, 6) is 0.452. The van der Waals surface area contributed by atoms with Crippen LogP contribution in [0.5, 0.6) is 0 Å². The molecule has 0 saturated heterocycles. The average molecular weight is 388 g/mol. The van der Waals surface area contributed by atoms with Crippen LogP contribution in [0.4, 0.5) is 5.82 Å². The van der Waals surface area contributed by atoms with Gasteiger partial charge in [-0.05, 0) is 29.5 Å². The number of hydrogen-bond acceptors (Lipinski definition) is 3. The Morgan fingerprint density at radius 3 is 2.50 bits per heavy atom. The van der Waals surface area contributed by atoms with E-state index in [1.165, 1.54) is 0 Å². The number of rotatable bonds is 1. The molecular weight excluding hydrogens is 370 g/mol. The van der Waals surface area contributed by atoms with Crippen molar-refractivity contribution >= 4 is 27.5 Å². The number of Topliss-reactive ketones (excluding diaryl/α,β-unsaturated/α-hetero) is 1. The quantitative estimate of drug-likeness (QED) is 0.698. The lowest BCUT2D eigenvalue weighted by Gasteiger charge is -2.37. The highest BCUT2D eigenvalue weighted by molar-refractivity contribution is 9.10. The van der Waals surface area contributed by atoms with Crippen LogP contribution in [0.25, 0.3) is 0 Å². The number of benzene rings is 1. The van der Waals surface area contributed by atoms with Gasteiger partial charge >= 0.3 is 0 Å². The molecule has 0 unspecified atom stereocenters. The van der Waals surface area contributed by atoms with E-state index in [9.17, 15) is 9.59 Å². The molecule has 1 atom stereocenters. The Balaban J connectivity index is 1.94. The molecule has 6 heteroatoms. The fourth-order valence-electron chi connectivity index (χ4n) is 3.81. The van der Waals surface area contributed by atoms with Gasteiger partial charge in [0, 0.05) is 28.1 Å². The highest BCUT2D eigenvalue weighted by Crippen LogP contribution is 2.47. The Labute approximate surface area is 147 Å². The molecule has 1 aromatic heterocycles. The molecule has 0 spiro atoms. The topological polar surface area (TPSA) is 77.8 Å². The zero-order chi connectivity index (χ0) is 17.1. The molecular formula is C18H18BrN3O2. The standard InChI is InChI=1S/C18H18BrN3O2/c1-18(2)7-11-14(12(23)8-18)13(9-3-5-10(19)6-4-9)15-16(20-11)21-22-17(15)24/h3-6,13H,7-8H2,1-2H3,(H3,20,21,22,24)/t13-/m1/s1. The number of ketones is 1.